The molecule has 0 saturated heterocycles. The third-order valence-corrected chi connectivity index (χ3v) is 5.40. The van der Waals surface area contributed by atoms with E-state index in [4.69, 9.17) is 0 Å². The molecule has 0 unspecified atom stereocenters. The average molecular weight is 180 g/mol. The van der Waals surface area contributed by atoms with Crippen LogP contribution in [0.5, 0.6) is 0 Å². The maximum Gasteiger partial charge on any atom is 0.0602 e. The van der Waals surface area contributed by atoms with Crippen LogP contribution in [0.4, 0.5) is 0 Å². The molecule has 2 atom stereocenters. The number of hydrogen-bond donors (Lipinski definition) is 1. The molecule has 0 aliphatic heterocycles. The minimum atomic E-state index is 0.0631. The molecule has 74 valence electrons. The van der Waals surface area contributed by atoms with Crippen LogP contribution in [0.3, 0.4) is 0 Å². The van der Waals surface area contributed by atoms with Gasteiger partial charge in [0.05, 0.1) is 6.10 Å². The molecular weight excluding hydrogens is 160 g/mol. The Labute approximate surface area is 80.5 Å². The number of aliphatic hydroxyl groups excluding tert-OH is 1. The van der Waals surface area contributed by atoms with E-state index in [0.29, 0.717) is 10.8 Å². The van der Waals surface area contributed by atoms with E-state index in [1.807, 2.05) is 0 Å². The summed E-state index contributed by atoms with van der Waals surface area (Å²) in [5.41, 5.74) is 1.01. The van der Waals surface area contributed by atoms with E-state index < -0.39 is 0 Å². The summed E-state index contributed by atoms with van der Waals surface area (Å²) >= 11 is 0. The number of fused-ring (bicyclic) bond motifs is 1. The van der Waals surface area contributed by atoms with E-state index in [9.17, 15) is 5.11 Å². The fourth-order valence-corrected chi connectivity index (χ4v) is 4.59. The first kappa shape index (κ1) is 8.28. The van der Waals surface area contributed by atoms with Crippen LogP contribution in [0.15, 0.2) is 0 Å². The van der Waals surface area contributed by atoms with Crippen LogP contribution >= 0.6 is 0 Å². The van der Waals surface area contributed by atoms with Gasteiger partial charge in [-0.3, -0.25) is 0 Å². The number of hydrogen-bond acceptors (Lipinski definition) is 1. The third kappa shape index (κ3) is 0.823. The van der Waals surface area contributed by atoms with Gasteiger partial charge in [-0.05, 0) is 43.9 Å². The monoisotopic (exact) mass is 180 g/mol. The molecule has 1 N–H and O–H groups in total. The van der Waals surface area contributed by atoms with E-state index in [0.717, 1.165) is 6.42 Å². The average Bonchev–Trinajstić information content (AvgIpc) is 2.74. The standard InChI is InChI=1S/C12H20O/c13-10-4-9-12(10)8-3-7-11(12)5-1-2-6-11/h10,13H,1-9H2/t10-,12-/m0/s1. The van der Waals surface area contributed by atoms with Gasteiger partial charge in [-0.15, -0.1) is 0 Å². The smallest absolute Gasteiger partial charge is 0.0602 e. The van der Waals surface area contributed by atoms with Crippen molar-refractivity contribution in [2.75, 3.05) is 0 Å². The lowest BCUT2D eigenvalue weighted by molar-refractivity contribution is -0.132. The second-order valence-corrected chi connectivity index (χ2v) is 5.55. The predicted octanol–water partition coefficient (Wildman–Crippen LogP) is 2.87. The van der Waals surface area contributed by atoms with Gasteiger partial charge in [0.15, 0.2) is 0 Å². The first-order chi connectivity index (χ1) is 6.29. The summed E-state index contributed by atoms with van der Waals surface area (Å²) in [7, 11) is 0. The summed E-state index contributed by atoms with van der Waals surface area (Å²) < 4.78 is 0. The van der Waals surface area contributed by atoms with Crippen LogP contribution in [0, 0.1) is 10.8 Å². The largest absolute Gasteiger partial charge is 0.393 e. The number of rotatable bonds is 0. The summed E-state index contributed by atoms with van der Waals surface area (Å²) in [4.78, 5) is 0. The van der Waals surface area contributed by atoms with E-state index in [1.54, 1.807) is 0 Å². The summed E-state index contributed by atoms with van der Waals surface area (Å²) in [6.45, 7) is 0. The maximum atomic E-state index is 10.0. The van der Waals surface area contributed by atoms with Crippen molar-refractivity contribution in [2.24, 2.45) is 10.8 Å². The predicted molar refractivity (Wildman–Crippen MR) is 52.4 cm³/mol. The van der Waals surface area contributed by atoms with Gasteiger partial charge in [0, 0.05) is 5.41 Å². The molecule has 3 saturated carbocycles. The van der Waals surface area contributed by atoms with E-state index in [1.165, 1.54) is 51.4 Å². The van der Waals surface area contributed by atoms with Gasteiger partial charge in [0.1, 0.15) is 0 Å². The lowest BCUT2D eigenvalue weighted by Gasteiger charge is -2.54. The van der Waals surface area contributed by atoms with Crippen LogP contribution in [-0.4, -0.2) is 11.2 Å². The van der Waals surface area contributed by atoms with Crippen molar-refractivity contribution in [1.29, 1.82) is 0 Å². The Morgan fingerprint density at radius 2 is 1.54 bits per heavy atom. The van der Waals surface area contributed by atoms with Gasteiger partial charge in [-0.25, -0.2) is 0 Å². The van der Waals surface area contributed by atoms with Gasteiger partial charge >= 0.3 is 0 Å². The molecule has 1 nitrogen and oxygen atoms in total. The first-order valence-electron chi connectivity index (χ1n) is 5.97. The fourth-order valence-electron chi connectivity index (χ4n) is 4.59. The molecular formula is C12H20O. The quantitative estimate of drug-likeness (QED) is 0.607. The second-order valence-electron chi connectivity index (χ2n) is 5.55. The fraction of sp³-hybridized carbons (Fsp3) is 1.00. The number of aliphatic hydroxyl groups is 1. The summed E-state index contributed by atoms with van der Waals surface area (Å²) in [6.07, 6.45) is 12.3. The van der Waals surface area contributed by atoms with Gasteiger partial charge in [-0.1, -0.05) is 19.3 Å². The van der Waals surface area contributed by atoms with E-state index in [2.05, 4.69) is 0 Å². The molecule has 3 aliphatic rings. The van der Waals surface area contributed by atoms with Crippen molar-refractivity contribution >= 4 is 0 Å². The Bertz CT molecular complexity index is 206. The van der Waals surface area contributed by atoms with Crippen molar-refractivity contribution in [3.63, 3.8) is 0 Å². The highest BCUT2D eigenvalue weighted by atomic mass is 16.3. The normalized spacial score (nSPS) is 47.3. The van der Waals surface area contributed by atoms with E-state index in [-0.39, 0.29) is 6.10 Å². The molecule has 3 fully saturated rings. The molecule has 2 spiro atoms. The summed E-state index contributed by atoms with van der Waals surface area (Å²) in [5.74, 6) is 0. The SMILES string of the molecule is O[C@H]1CC[C@@]12CCCC21CCCC1. The molecule has 13 heavy (non-hydrogen) atoms. The molecule has 0 aromatic carbocycles. The summed E-state index contributed by atoms with van der Waals surface area (Å²) in [5, 5.41) is 10.0. The van der Waals surface area contributed by atoms with Crippen molar-refractivity contribution < 1.29 is 5.11 Å². The molecule has 0 heterocycles. The van der Waals surface area contributed by atoms with Gasteiger partial charge in [-0.2, -0.15) is 0 Å². The topological polar surface area (TPSA) is 20.2 Å². The van der Waals surface area contributed by atoms with Crippen molar-refractivity contribution in [3.05, 3.63) is 0 Å². The molecule has 0 bridgehead atoms. The van der Waals surface area contributed by atoms with Gasteiger partial charge in [0.25, 0.3) is 0 Å². The van der Waals surface area contributed by atoms with Gasteiger partial charge in [0.2, 0.25) is 0 Å². The minimum Gasteiger partial charge on any atom is -0.393 e. The second kappa shape index (κ2) is 2.50. The third-order valence-electron chi connectivity index (χ3n) is 5.40. The molecule has 0 aromatic heterocycles. The molecule has 0 radical (unpaired) electrons. The first-order valence-corrected chi connectivity index (χ1v) is 5.97. The lowest BCUT2D eigenvalue weighted by atomic mass is 9.52. The molecule has 3 aliphatic carbocycles. The summed E-state index contributed by atoms with van der Waals surface area (Å²) in [6, 6.07) is 0. The highest BCUT2D eigenvalue weighted by molar-refractivity contribution is 5.12. The molecule has 0 amide bonds. The molecule has 3 rings (SSSR count). The van der Waals surface area contributed by atoms with Crippen LogP contribution in [0.1, 0.15) is 57.8 Å². The Hall–Kier alpha value is -0.0400. The lowest BCUT2D eigenvalue weighted by Crippen LogP contribution is -2.52. The van der Waals surface area contributed by atoms with Crippen molar-refractivity contribution in [3.8, 4) is 0 Å². The van der Waals surface area contributed by atoms with Crippen LogP contribution in [0.25, 0.3) is 0 Å². The molecule has 1 heteroatoms. The van der Waals surface area contributed by atoms with Crippen LogP contribution < -0.4 is 0 Å². The zero-order valence-corrected chi connectivity index (χ0v) is 8.39. The van der Waals surface area contributed by atoms with Crippen LogP contribution in [0.2, 0.25) is 0 Å². The highest BCUT2D eigenvalue weighted by Gasteiger charge is 2.62. The minimum absolute atomic E-state index is 0.0631. The highest BCUT2D eigenvalue weighted by Crippen LogP contribution is 2.68. The molecule has 0 aromatic rings. The Morgan fingerprint density at radius 1 is 0.846 bits per heavy atom. The van der Waals surface area contributed by atoms with Crippen molar-refractivity contribution in [1.82, 2.24) is 0 Å². The zero-order valence-electron chi connectivity index (χ0n) is 8.39. The Morgan fingerprint density at radius 3 is 2.08 bits per heavy atom. The van der Waals surface area contributed by atoms with Crippen LogP contribution in [-0.2, 0) is 0 Å². The maximum absolute atomic E-state index is 10.0. The zero-order chi connectivity index (χ0) is 8.94. The van der Waals surface area contributed by atoms with E-state index >= 15 is 0 Å². The Kier molecular flexibility index (Phi) is 1.59. The Balaban J connectivity index is 1.93. The van der Waals surface area contributed by atoms with Crippen molar-refractivity contribution in [2.45, 2.75) is 63.9 Å². The van der Waals surface area contributed by atoms with Gasteiger partial charge < -0.3 is 5.11 Å².